The van der Waals surface area contributed by atoms with Crippen LogP contribution in [0.4, 0.5) is 0 Å². The van der Waals surface area contributed by atoms with Crippen molar-refractivity contribution in [3.8, 4) is 5.88 Å². The van der Waals surface area contributed by atoms with Crippen molar-refractivity contribution in [3.63, 3.8) is 0 Å². The summed E-state index contributed by atoms with van der Waals surface area (Å²) in [5, 5.41) is 3.24. The molecule has 0 radical (unpaired) electrons. The highest BCUT2D eigenvalue weighted by Crippen LogP contribution is 2.30. The first-order chi connectivity index (χ1) is 8.77. The van der Waals surface area contributed by atoms with Crippen molar-refractivity contribution in [2.45, 2.75) is 6.04 Å². The number of aromatic nitrogens is 2. The fraction of sp³-hybridized carbons (Fsp3) is 0.231. The molecule has 2 rings (SSSR count). The molecule has 1 N–H and O–H groups in total. The summed E-state index contributed by atoms with van der Waals surface area (Å²) in [4.78, 5) is 8.55. The lowest BCUT2D eigenvalue weighted by molar-refractivity contribution is 0.384. The molecule has 0 bridgehead atoms. The molecule has 0 saturated carbocycles. The molecule has 1 atom stereocenters. The number of hydrogen-bond acceptors (Lipinski definition) is 4. The molecule has 2 aromatic rings. The zero-order valence-corrected chi connectivity index (χ0v) is 11.8. The lowest BCUT2D eigenvalue weighted by Crippen LogP contribution is -2.20. The van der Waals surface area contributed by atoms with E-state index in [1.165, 1.54) is 0 Å². The minimum atomic E-state index is -0.0655. The molecule has 1 unspecified atom stereocenters. The van der Waals surface area contributed by atoms with Gasteiger partial charge in [-0.2, -0.15) is 0 Å². The van der Waals surface area contributed by atoms with Gasteiger partial charge in [0.1, 0.15) is 5.69 Å². The van der Waals surface area contributed by atoms with Gasteiger partial charge in [-0.3, -0.25) is 4.98 Å². The van der Waals surface area contributed by atoms with Gasteiger partial charge in [-0.1, -0.05) is 34.1 Å². The second-order valence-electron chi connectivity index (χ2n) is 3.69. The number of methoxy groups -OCH3 is 1. The third-order valence-corrected chi connectivity index (χ3v) is 3.39. The molecular formula is C13H14BrN3O. The number of ether oxygens (including phenoxy) is 1. The summed E-state index contributed by atoms with van der Waals surface area (Å²) in [7, 11) is 3.48. The third kappa shape index (κ3) is 2.52. The van der Waals surface area contributed by atoms with E-state index in [4.69, 9.17) is 4.74 Å². The summed E-state index contributed by atoms with van der Waals surface area (Å²) < 4.78 is 6.29. The molecule has 1 aromatic carbocycles. The Balaban J connectivity index is 2.49. The van der Waals surface area contributed by atoms with E-state index in [1.54, 1.807) is 19.5 Å². The molecule has 0 spiro atoms. The minimum Gasteiger partial charge on any atom is -0.480 e. The average molecular weight is 308 g/mol. The van der Waals surface area contributed by atoms with Gasteiger partial charge < -0.3 is 10.1 Å². The average Bonchev–Trinajstić information content (AvgIpc) is 2.42. The smallest absolute Gasteiger partial charge is 0.237 e. The predicted molar refractivity (Wildman–Crippen MR) is 73.6 cm³/mol. The van der Waals surface area contributed by atoms with Gasteiger partial charge in [0.05, 0.1) is 13.2 Å². The largest absolute Gasteiger partial charge is 0.480 e. The van der Waals surface area contributed by atoms with E-state index in [1.807, 2.05) is 31.3 Å². The van der Waals surface area contributed by atoms with Crippen LogP contribution in [0.25, 0.3) is 0 Å². The van der Waals surface area contributed by atoms with Crippen molar-refractivity contribution in [1.29, 1.82) is 0 Å². The van der Waals surface area contributed by atoms with Crippen molar-refractivity contribution in [2.75, 3.05) is 14.2 Å². The van der Waals surface area contributed by atoms with Crippen LogP contribution < -0.4 is 10.1 Å². The number of nitrogens with one attached hydrogen (secondary N) is 1. The van der Waals surface area contributed by atoms with Gasteiger partial charge in [0, 0.05) is 16.9 Å². The Kier molecular flexibility index (Phi) is 4.28. The quantitative estimate of drug-likeness (QED) is 0.943. The molecular weight excluding hydrogens is 294 g/mol. The minimum absolute atomic E-state index is 0.0655. The Morgan fingerprint density at radius 1 is 1.22 bits per heavy atom. The van der Waals surface area contributed by atoms with Gasteiger partial charge in [-0.15, -0.1) is 0 Å². The van der Waals surface area contributed by atoms with E-state index in [0.717, 1.165) is 15.7 Å². The van der Waals surface area contributed by atoms with E-state index >= 15 is 0 Å². The van der Waals surface area contributed by atoms with E-state index in [-0.39, 0.29) is 6.04 Å². The van der Waals surface area contributed by atoms with Crippen LogP contribution in [0.1, 0.15) is 17.3 Å². The fourth-order valence-electron chi connectivity index (χ4n) is 1.84. The van der Waals surface area contributed by atoms with E-state index in [0.29, 0.717) is 5.88 Å². The number of benzene rings is 1. The maximum absolute atomic E-state index is 5.26. The molecule has 5 heteroatoms. The Labute approximate surface area is 115 Å². The van der Waals surface area contributed by atoms with Crippen LogP contribution in [-0.2, 0) is 0 Å². The number of hydrogen-bond donors (Lipinski definition) is 1. The molecule has 1 aromatic heterocycles. The van der Waals surface area contributed by atoms with E-state index in [2.05, 4.69) is 31.2 Å². The monoisotopic (exact) mass is 307 g/mol. The first-order valence-electron chi connectivity index (χ1n) is 5.54. The van der Waals surface area contributed by atoms with Gasteiger partial charge in [0.2, 0.25) is 5.88 Å². The molecule has 0 saturated heterocycles. The van der Waals surface area contributed by atoms with Gasteiger partial charge in [0.15, 0.2) is 0 Å². The second kappa shape index (κ2) is 5.93. The number of halogens is 1. The summed E-state index contributed by atoms with van der Waals surface area (Å²) in [5.41, 5.74) is 1.87. The number of nitrogens with zero attached hydrogens (tertiary/aromatic N) is 2. The Morgan fingerprint density at radius 2 is 1.94 bits per heavy atom. The van der Waals surface area contributed by atoms with Gasteiger partial charge in [0.25, 0.3) is 0 Å². The van der Waals surface area contributed by atoms with E-state index in [9.17, 15) is 0 Å². The molecule has 0 aliphatic heterocycles. The molecule has 0 amide bonds. The summed E-state index contributed by atoms with van der Waals surface area (Å²) >= 11 is 3.55. The second-order valence-corrected chi connectivity index (χ2v) is 4.55. The third-order valence-electron chi connectivity index (χ3n) is 2.66. The van der Waals surface area contributed by atoms with Crippen LogP contribution in [0.5, 0.6) is 5.88 Å². The Morgan fingerprint density at radius 3 is 2.61 bits per heavy atom. The molecule has 0 fully saturated rings. The molecule has 4 nitrogen and oxygen atoms in total. The molecule has 18 heavy (non-hydrogen) atoms. The summed E-state index contributed by atoms with van der Waals surface area (Å²) in [6.45, 7) is 0. The van der Waals surface area contributed by atoms with Crippen molar-refractivity contribution >= 4 is 15.9 Å². The predicted octanol–water partition coefficient (Wildman–Crippen LogP) is 2.56. The maximum atomic E-state index is 5.26. The van der Waals surface area contributed by atoms with Gasteiger partial charge in [-0.05, 0) is 18.7 Å². The summed E-state index contributed by atoms with van der Waals surface area (Å²) in [5.74, 6) is 0.535. The van der Waals surface area contributed by atoms with Gasteiger partial charge in [-0.25, -0.2) is 4.98 Å². The van der Waals surface area contributed by atoms with Crippen LogP contribution in [0.3, 0.4) is 0 Å². The highest BCUT2D eigenvalue weighted by Gasteiger charge is 2.20. The fourth-order valence-corrected chi connectivity index (χ4v) is 2.35. The van der Waals surface area contributed by atoms with Crippen LogP contribution in [0, 0.1) is 0 Å². The number of rotatable bonds is 4. The molecule has 0 aliphatic carbocycles. The first-order valence-corrected chi connectivity index (χ1v) is 6.33. The zero-order chi connectivity index (χ0) is 13.0. The van der Waals surface area contributed by atoms with Crippen LogP contribution >= 0.6 is 15.9 Å². The highest BCUT2D eigenvalue weighted by atomic mass is 79.9. The maximum Gasteiger partial charge on any atom is 0.237 e. The summed E-state index contributed by atoms with van der Waals surface area (Å²) in [6, 6.07) is 7.95. The standard InChI is InChI=1S/C13H14BrN3O/c1-15-11(9-5-3-4-6-10(9)14)12-13(18-2)17-8-7-16-12/h3-8,11,15H,1-2H3. The topological polar surface area (TPSA) is 47.0 Å². The molecule has 1 heterocycles. The van der Waals surface area contributed by atoms with Gasteiger partial charge >= 0.3 is 0 Å². The highest BCUT2D eigenvalue weighted by molar-refractivity contribution is 9.10. The van der Waals surface area contributed by atoms with Crippen molar-refractivity contribution in [1.82, 2.24) is 15.3 Å². The SMILES string of the molecule is CNC(c1ccccc1Br)c1nccnc1OC. The van der Waals surface area contributed by atoms with Crippen molar-refractivity contribution in [2.24, 2.45) is 0 Å². The normalized spacial score (nSPS) is 12.2. The van der Waals surface area contributed by atoms with Crippen LogP contribution in [0.2, 0.25) is 0 Å². The lowest BCUT2D eigenvalue weighted by atomic mass is 10.0. The van der Waals surface area contributed by atoms with E-state index < -0.39 is 0 Å². The van der Waals surface area contributed by atoms with Crippen LogP contribution in [0.15, 0.2) is 41.1 Å². The zero-order valence-electron chi connectivity index (χ0n) is 10.2. The van der Waals surface area contributed by atoms with Crippen LogP contribution in [-0.4, -0.2) is 24.1 Å². The molecule has 94 valence electrons. The Bertz CT molecular complexity index is 533. The van der Waals surface area contributed by atoms with Crippen molar-refractivity contribution < 1.29 is 4.74 Å². The molecule has 0 aliphatic rings. The lowest BCUT2D eigenvalue weighted by Gasteiger charge is -2.18. The Hall–Kier alpha value is -1.46. The van der Waals surface area contributed by atoms with Crippen molar-refractivity contribution in [3.05, 3.63) is 52.4 Å². The summed E-state index contributed by atoms with van der Waals surface area (Å²) in [6.07, 6.45) is 3.29. The first kappa shape index (κ1) is 13.0.